The molecule has 0 atom stereocenters. The molecule has 0 unspecified atom stereocenters. The Kier molecular flexibility index (Phi) is 5.77. The number of hydrogen-bond acceptors (Lipinski definition) is 3. The van der Waals surface area contributed by atoms with Gasteiger partial charge in [-0.25, -0.2) is 4.79 Å². The molecule has 23 heavy (non-hydrogen) atoms. The van der Waals surface area contributed by atoms with E-state index in [4.69, 9.17) is 16.3 Å². The van der Waals surface area contributed by atoms with Gasteiger partial charge in [0.2, 0.25) is 0 Å². The molecule has 0 aliphatic rings. The Morgan fingerprint density at radius 3 is 2.43 bits per heavy atom. The molecule has 4 nitrogen and oxygen atoms in total. The van der Waals surface area contributed by atoms with Crippen molar-refractivity contribution < 1.29 is 14.3 Å². The van der Waals surface area contributed by atoms with Gasteiger partial charge in [-0.15, -0.1) is 0 Å². The van der Waals surface area contributed by atoms with E-state index in [0.717, 1.165) is 0 Å². The zero-order chi connectivity index (χ0) is 16.8. The highest BCUT2D eigenvalue weighted by atomic mass is 35.5. The van der Waals surface area contributed by atoms with Gasteiger partial charge in [-0.2, -0.15) is 0 Å². The van der Waals surface area contributed by atoms with Crippen LogP contribution in [0, 0.1) is 5.92 Å². The van der Waals surface area contributed by atoms with Crippen molar-refractivity contribution in [3.8, 4) is 0 Å². The predicted octanol–water partition coefficient (Wildman–Crippen LogP) is 4.41. The Morgan fingerprint density at radius 2 is 1.78 bits per heavy atom. The zero-order valence-electron chi connectivity index (χ0n) is 13.0. The molecule has 5 heteroatoms. The van der Waals surface area contributed by atoms with Crippen LogP contribution in [-0.4, -0.2) is 18.5 Å². The van der Waals surface area contributed by atoms with Gasteiger partial charge in [0.25, 0.3) is 5.91 Å². The monoisotopic (exact) mass is 331 g/mol. The molecule has 0 saturated heterocycles. The summed E-state index contributed by atoms with van der Waals surface area (Å²) in [7, 11) is 0. The number of amides is 1. The van der Waals surface area contributed by atoms with Crippen molar-refractivity contribution in [1.29, 1.82) is 0 Å². The molecule has 0 radical (unpaired) electrons. The number of nitrogens with one attached hydrogen (secondary N) is 1. The molecule has 0 aliphatic carbocycles. The van der Waals surface area contributed by atoms with E-state index >= 15 is 0 Å². The van der Waals surface area contributed by atoms with E-state index < -0.39 is 5.97 Å². The highest BCUT2D eigenvalue weighted by Crippen LogP contribution is 2.15. The fraction of sp³-hybridized carbons (Fsp3) is 0.222. The van der Waals surface area contributed by atoms with Crippen LogP contribution in [0.3, 0.4) is 0 Å². The van der Waals surface area contributed by atoms with Crippen molar-refractivity contribution in [2.75, 3.05) is 11.9 Å². The van der Waals surface area contributed by atoms with Crippen LogP contribution in [0.4, 0.5) is 5.69 Å². The first-order chi connectivity index (χ1) is 11.0. The highest BCUT2D eigenvalue weighted by Gasteiger charge is 2.11. The van der Waals surface area contributed by atoms with Crippen LogP contribution in [0.15, 0.2) is 48.5 Å². The molecule has 2 rings (SSSR count). The van der Waals surface area contributed by atoms with Crippen LogP contribution in [0.25, 0.3) is 0 Å². The molecule has 0 heterocycles. The maximum atomic E-state index is 12.2. The molecular weight excluding hydrogens is 314 g/mol. The second-order valence-corrected chi connectivity index (χ2v) is 5.97. The van der Waals surface area contributed by atoms with Gasteiger partial charge >= 0.3 is 5.97 Å². The third-order valence-corrected chi connectivity index (χ3v) is 3.26. The Balaban J connectivity index is 2.06. The van der Waals surface area contributed by atoms with Crippen molar-refractivity contribution >= 4 is 29.2 Å². The van der Waals surface area contributed by atoms with Gasteiger partial charge in [0.05, 0.1) is 12.2 Å². The Bertz CT molecular complexity index is 696. The molecule has 1 amide bonds. The number of anilines is 1. The Labute approximate surface area is 140 Å². The molecule has 0 fully saturated rings. The SMILES string of the molecule is CC(C)COC(=O)c1cccc(NC(=O)c2ccc(Cl)cc2)c1. The summed E-state index contributed by atoms with van der Waals surface area (Å²) in [5, 5.41) is 3.31. The van der Waals surface area contributed by atoms with Crippen LogP contribution in [0.1, 0.15) is 34.6 Å². The van der Waals surface area contributed by atoms with Gasteiger partial charge in [0.1, 0.15) is 0 Å². The Hall–Kier alpha value is -2.33. The minimum Gasteiger partial charge on any atom is -0.462 e. The minimum absolute atomic E-state index is 0.269. The third-order valence-electron chi connectivity index (χ3n) is 3.01. The molecule has 0 aliphatic heterocycles. The number of rotatable bonds is 5. The lowest BCUT2D eigenvalue weighted by molar-refractivity contribution is 0.0459. The molecule has 2 aromatic rings. The Morgan fingerprint density at radius 1 is 1.09 bits per heavy atom. The van der Waals surface area contributed by atoms with Gasteiger partial charge in [-0.3, -0.25) is 4.79 Å². The van der Waals surface area contributed by atoms with Crippen LogP contribution < -0.4 is 5.32 Å². The quantitative estimate of drug-likeness (QED) is 0.826. The first-order valence-corrected chi connectivity index (χ1v) is 7.67. The highest BCUT2D eigenvalue weighted by molar-refractivity contribution is 6.30. The topological polar surface area (TPSA) is 55.4 Å². The van der Waals surface area contributed by atoms with Crippen molar-refractivity contribution in [3.63, 3.8) is 0 Å². The van der Waals surface area contributed by atoms with E-state index in [1.165, 1.54) is 0 Å². The maximum Gasteiger partial charge on any atom is 0.338 e. The summed E-state index contributed by atoms with van der Waals surface area (Å²) in [5.41, 5.74) is 1.42. The van der Waals surface area contributed by atoms with Crippen LogP contribution in [-0.2, 0) is 4.74 Å². The summed E-state index contributed by atoms with van der Waals surface area (Å²) in [6.07, 6.45) is 0. The molecule has 0 saturated carbocycles. The van der Waals surface area contributed by atoms with E-state index in [0.29, 0.717) is 28.4 Å². The van der Waals surface area contributed by atoms with E-state index in [-0.39, 0.29) is 11.8 Å². The first kappa shape index (κ1) is 17.0. The van der Waals surface area contributed by atoms with Gasteiger partial charge in [0.15, 0.2) is 0 Å². The lowest BCUT2D eigenvalue weighted by Gasteiger charge is -2.09. The van der Waals surface area contributed by atoms with Crippen molar-refractivity contribution in [2.24, 2.45) is 5.92 Å². The third kappa shape index (κ3) is 5.11. The van der Waals surface area contributed by atoms with Crippen LogP contribution >= 0.6 is 11.6 Å². The predicted molar refractivity (Wildman–Crippen MR) is 91.0 cm³/mol. The van der Waals surface area contributed by atoms with E-state index in [2.05, 4.69) is 5.32 Å². The summed E-state index contributed by atoms with van der Waals surface area (Å²) < 4.78 is 5.18. The number of carbonyl (C=O) groups excluding carboxylic acids is 2. The summed E-state index contributed by atoms with van der Waals surface area (Å²) in [4.78, 5) is 24.1. The average molecular weight is 332 g/mol. The molecular formula is C18H18ClNO3. The van der Waals surface area contributed by atoms with E-state index in [1.807, 2.05) is 13.8 Å². The second-order valence-electron chi connectivity index (χ2n) is 5.53. The zero-order valence-corrected chi connectivity index (χ0v) is 13.8. The van der Waals surface area contributed by atoms with Crippen molar-refractivity contribution in [3.05, 3.63) is 64.7 Å². The summed E-state index contributed by atoms with van der Waals surface area (Å²) in [5.74, 6) is -0.401. The fourth-order valence-electron chi connectivity index (χ4n) is 1.85. The molecule has 0 aromatic heterocycles. The number of esters is 1. The van der Waals surface area contributed by atoms with Gasteiger partial charge in [0, 0.05) is 16.3 Å². The first-order valence-electron chi connectivity index (χ1n) is 7.30. The number of hydrogen-bond donors (Lipinski definition) is 1. The van der Waals surface area contributed by atoms with E-state index in [9.17, 15) is 9.59 Å². The van der Waals surface area contributed by atoms with Gasteiger partial charge in [-0.1, -0.05) is 31.5 Å². The summed E-state index contributed by atoms with van der Waals surface area (Å²) in [6.45, 7) is 4.30. The minimum atomic E-state index is -0.402. The van der Waals surface area contributed by atoms with Crippen LogP contribution in [0.2, 0.25) is 5.02 Å². The number of ether oxygens (including phenoxy) is 1. The van der Waals surface area contributed by atoms with Gasteiger partial charge < -0.3 is 10.1 Å². The average Bonchev–Trinajstić information content (AvgIpc) is 2.53. The maximum absolute atomic E-state index is 12.2. The molecule has 0 spiro atoms. The number of benzene rings is 2. The smallest absolute Gasteiger partial charge is 0.338 e. The second kappa shape index (κ2) is 7.79. The summed E-state index contributed by atoms with van der Waals surface area (Å²) in [6, 6.07) is 13.2. The fourth-order valence-corrected chi connectivity index (χ4v) is 1.98. The lowest BCUT2D eigenvalue weighted by atomic mass is 10.1. The lowest BCUT2D eigenvalue weighted by Crippen LogP contribution is -2.13. The van der Waals surface area contributed by atoms with E-state index in [1.54, 1.807) is 48.5 Å². The molecule has 0 bridgehead atoms. The van der Waals surface area contributed by atoms with Gasteiger partial charge in [-0.05, 0) is 48.4 Å². The molecule has 1 N–H and O–H groups in total. The largest absolute Gasteiger partial charge is 0.462 e. The summed E-state index contributed by atoms with van der Waals surface area (Å²) >= 11 is 5.80. The standard InChI is InChI=1S/C18H18ClNO3/c1-12(2)11-23-18(22)14-4-3-5-16(10-14)20-17(21)13-6-8-15(19)9-7-13/h3-10,12H,11H2,1-2H3,(H,20,21). The molecule has 120 valence electrons. The van der Waals surface area contributed by atoms with Crippen molar-refractivity contribution in [2.45, 2.75) is 13.8 Å². The van der Waals surface area contributed by atoms with Crippen molar-refractivity contribution in [1.82, 2.24) is 0 Å². The number of halogens is 1. The molecule has 2 aromatic carbocycles. The van der Waals surface area contributed by atoms with Crippen LogP contribution in [0.5, 0.6) is 0 Å². The number of carbonyl (C=O) groups is 2. The normalized spacial score (nSPS) is 10.4.